The highest BCUT2D eigenvalue weighted by molar-refractivity contribution is 7.18. The predicted molar refractivity (Wildman–Crippen MR) is 103 cm³/mol. The molecule has 3 heterocycles. The molecule has 0 aliphatic carbocycles. The van der Waals surface area contributed by atoms with Gasteiger partial charge in [0.05, 0.1) is 10.4 Å². The maximum absolute atomic E-state index is 12.4. The average Bonchev–Trinajstić information content (AvgIpc) is 3.13. The summed E-state index contributed by atoms with van der Waals surface area (Å²) < 4.78 is 5.86. The molecule has 0 aliphatic heterocycles. The van der Waals surface area contributed by atoms with Crippen LogP contribution in [-0.4, -0.2) is 9.97 Å². The van der Waals surface area contributed by atoms with Crippen LogP contribution in [0.4, 0.5) is 0 Å². The summed E-state index contributed by atoms with van der Waals surface area (Å²) in [7, 11) is 0. The van der Waals surface area contributed by atoms with Gasteiger partial charge in [-0.05, 0) is 49.7 Å². The minimum absolute atomic E-state index is 0.163. The third-order valence-electron chi connectivity index (χ3n) is 4.08. The minimum Gasteiger partial charge on any atom is -0.453 e. The summed E-state index contributed by atoms with van der Waals surface area (Å²) in [6, 6.07) is 8.74. The minimum atomic E-state index is -0.163. The summed E-state index contributed by atoms with van der Waals surface area (Å²) in [6.07, 6.45) is 0. The quantitative estimate of drug-likeness (QED) is 0.467. The number of fused-ring (bicyclic) bond motifs is 1. The second-order valence-corrected chi connectivity index (χ2v) is 7.71. The first-order valence-electron chi connectivity index (χ1n) is 7.49. The van der Waals surface area contributed by atoms with Gasteiger partial charge in [-0.2, -0.15) is 0 Å². The van der Waals surface area contributed by atoms with Gasteiger partial charge in [-0.3, -0.25) is 4.79 Å². The van der Waals surface area contributed by atoms with Crippen molar-refractivity contribution in [2.45, 2.75) is 13.8 Å². The van der Waals surface area contributed by atoms with E-state index in [1.165, 1.54) is 11.3 Å². The first-order valence-corrected chi connectivity index (χ1v) is 9.07. The number of benzene rings is 1. The number of aryl methyl sites for hydroxylation is 2. The fourth-order valence-electron chi connectivity index (χ4n) is 2.67. The SMILES string of the molecule is Cc1sc2nc(-c3ccc(-c4ccc(Cl)cc4Cl)o3)[nH]c(=O)c2c1C. The number of aromatic nitrogens is 2. The van der Waals surface area contributed by atoms with E-state index in [-0.39, 0.29) is 5.56 Å². The number of aromatic amines is 1. The Hall–Kier alpha value is -2.08. The number of rotatable bonds is 2. The molecule has 0 saturated heterocycles. The monoisotopic (exact) mass is 390 g/mol. The van der Waals surface area contributed by atoms with Crippen molar-refractivity contribution in [3.8, 4) is 22.9 Å². The third-order valence-corrected chi connectivity index (χ3v) is 5.72. The highest BCUT2D eigenvalue weighted by atomic mass is 35.5. The first-order chi connectivity index (χ1) is 11.9. The first kappa shape index (κ1) is 16.4. The van der Waals surface area contributed by atoms with Gasteiger partial charge in [-0.25, -0.2) is 4.98 Å². The normalized spacial score (nSPS) is 11.4. The molecule has 1 aromatic carbocycles. The number of nitrogens with one attached hydrogen (secondary N) is 1. The molecule has 0 amide bonds. The standard InChI is InChI=1S/C18H12Cl2N2O2S/c1-8-9(2)25-18-15(8)17(23)21-16(22-18)14-6-5-13(24-14)11-4-3-10(19)7-12(11)20/h3-7H,1-2H3,(H,21,22,23). The largest absolute Gasteiger partial charge is 0.453 e. The van der Waals surface area contributed by atoms with E-state index < -0.39 is 0 Å². The van der Waals surface area contributed by atoms with Crippen molar-refractivity contribution in [1.82, 2.24) is 9.97 Å². The maximum Gasteiger partial charge on any atom is 0.260 e. The molecule has 4 rings (SSSR count). The van der Waals surface area contributed by atoms with Crippen LogP contribution in [0.5, 0.6) is 0 Å². The molecular formula is C18H12Cl2N2O2S. The molecule has 126 valence electrons. The Morgan fingerprint density at radius 1 is 1.12 bits per heavy atom. The highest BCUT2D eigenvalue weighted by Gasteiger charge is 2.16. The summed E-state index contributed by atoms with van der Waals surface area (Å²) in [5, 5.41) is 1.69. The van der Waals surface area contributed by atoms with E-state index in [4.69, 9.17) is 27.6 Å². The Morgan fingerprint density at radius 3 is 2.64 bits per heavy atom. The lowest BCUT2D eigenvalue weighted by molar-refractivity contribution is 0.592. The van der Waals surface area contributed by atoms with E-state index >= 15 is 0 Å². The van der Waals surface area contributed by atoms with Crippen LogP contribution < -0.4 is 5.56 Å². The molecule has 7 heteroatoms. The van der Waals surface area contributed by atoms with E-state index in [2.05, 4.69) is 9.97 Å². The van der Waals surface area contributed by atoms with E-state index in [0.717, 1.165) is 16.0 Å². The molecule has 4 nitrogen and oxygen atoms in total. The van der Waals surface area contributed by atoms with Gasteiger partial charge in [0.1, 0.15) is 10.6 Å². The van der Waals surface area contributed by atoms with Crippen molar-refractivity contribution < 1.29 is 4.42 Å². The van der Waals surface area contributed by atoms with Crippen LogP contribution in [-0.2, 0) is 0 Å². The summed E-state index contributed by atoms with van der Waals surface area (Å²) >= 11 is 13.7. The number of thiophene rings is 1. The van der Waals surface area contributed by atoms with E-state index in [1.807, 2.05) is 13.8 Å². The van der Waals surface area contributed by atoms with E-state index in [9.17, 15) is 4.79 Å². The number of H-pyrrole nitrogens is 1. The summed E-state index contributed by atoms with van der Waals surface area (Å²) in [5.74, 6) is 1.46. The lowest BCUT2D eigenvalue weighted by Crippen LogP contribution is -2.08. The molecule has 0 unspecified atom stereocenters. The molecular weight excluding hydrogens is 379 g/mol. The van der Waals surface area contributed by atoms with Gasteiger partial charge < -0.3 is 9.40 Å². The second-order valence-electron chi connectivity index (χ2n) is 5.67. The van der Waals surface area contributed by atoms with Crippen molar-refractivity contribution in [1.29, 1.82) is 0 Å². The lowest BCUT2D eigenvalue weighted by Gasteiger charge is -2.01. The molecule has 0 atom stereocenters. The van der Waals surface area contributed by atoms with E-state index in [1.54, 1.807) is 30.3 Å². The zero-order chi connectivity index (χ0) is 17.7. The van der Waals surface area contributed by atoms with Crippen molar-refractivity contribution >= 4 is 44.8 Å². The topological polar surface area (TPSA) is 58.9 Å². The van der Waals surface area contributed by atoms with Crippen molar-refractivity contribution in [2.24, 2.45) is 0 Å². The Morgan fingerprint density at radius 2 is 1.88 bits per heavy atom. The van der Waals surface area contributed by atoms with Gasteiger partial charge in [0.15, 0.2) is 11.6 Å². The van der Waals surface area contributed by atoms with Crippen LogP contribution in [0.1, 0.15) is 10.4 Å². The fourth-order valence-corrected chi connectivity index (χ4v) is 4.20. The van der Waals surface area contributed by atoms with Gasteiger partial charge in [-0.15, -0.1) is 11.3 Å². The van der Waals surface area contributed by atoms with Gasteiger partial charge in [0, 0.05) is 15.5 Å². The molecule has 0 fully saturated rings. The predicted octanol–water partition coefficient (Wildman–Crippen LogP) is 5.84. The number of nitrogens with zero attached hydrogens (tertiary/aromatic N) is 1. The lowest BCUT2D eigenvalue weighted by atomic mass is 10.2. The van der Waals surface area contributed by atoms with Gasteiger partial charge in [-0.1, -0.05) is 23.2 Å². The van der Waals surface area contributed by atoms with Crippen LogP contribution in [0.3, 0.4) is 0 Å². The van der Waals surface area contributed by atoms with Crippen molar-refractivity contribution in [3.63, 3.8) is 0 Å². The molecule has 0 radical (unpaired) electrons. The third kappa shape index (κ3) is 2.78. The number of hydrogen-bond acceptors (Lipinski definition) is 4. The van der Waals surface area contributed by atoms with Crippen LogP contribution in [0.2, 0.25) is 10.0 Å². The zero-order valence-electron chi connectivity index (χ0n) is 13.3. The maximum atomic E-state index is 12.4. The smallest absolute Gasteiger partial charge is 0.260 e. The molecule has 4 aromatic rings. The van der Waals surface area contributed by atoms with Crippen LogP contribution in [0, 0.1) is 13.8 Å². The van der Waals surface area contributed by atoms with E-state index in [0.29, 0.717) is 37.6 Å². The molecule has 25 heavy (non-hydrogen) atoms. The molecule has 3 aromatic heterocycles. The number of hydrogen-bond donors (Lipinski definition) is 1. The fraction of sp³-hybridized carbons (Fsp3) is 0.111. The molecule has 1 N–H and O–H groups in total. The molecule has 0 aliphatic rings. The molecule has 0 bridgehead atoms. The Labute approximate surface area is 157 Å². The van der Waals surface area contributed by atoms with Gasteiger partial charge >= 0.3 is 0 Å². The van der Waals surface area contributed by atoms with Crippen LogP contribution >= 0.6 is 34.5 Å². The van der Waals surface area contributed by atoms with Crippen LogP contribution in [0.25, 0.3) is 33.1 Å². The van der Waals surface area contributed by atoms with Crippen molar-refractivity contribution in [2.75, 3.05) is 0 Å². The average molecular weight is 391 g/mol. The van der Waals surface area contributed by atoms with Gasteiger partial charge in [0.2, 0.25) is 0 Å². The van der Waals surface area contributed by atoms with Crippen molar-refractivity contribution in [3.05, 3.63) is 61.2 Å². The number of furan rings is 1. The zero-order valence-corrected chi connectivity index (χ0v) is 15.6. The summed E-state index contributed by atoms with van der Waals surface area (Å²) in [6.45, 7) is 3.91. The Kier molecular flexibility index (Phi) is 3.95. The highest BCUT2D eigenvalue weighted by Crippen LogP contribution is 2.34. The number of halogens is 2. The Bertz CT molecular complexity index is 1170. The molecule has 0 saturated carbocycles. The van der Waals surface area contributed by atoms with Gasteiger partial charge in [0.25, 0.3) is 5.56 Å². The second kappa shape index (κ2) is 6.02. The summed E-state index contributed by atoms with van der Waals surface area (Å²) in [5.41, 5.74) is 1.53. The van der Waals surface area contributed by atoms with Crippen LogP contribution in [0.15, 0.2) is 39.5 Å². The molecule has 0 spiro atoms. The Balaban J connectivity index is 1.82. The summed E-state index contributed by atoms with van der Waals surface area (Å²) in [4.78, 5) is 21.5.